The minimum atomic E-state index is -0.973. The van der Waals surface area contributed by atoms with Crippen molar-refractivity contribution in [1.82, 2.24) is 4.90 Å². The molecule has 2 rings (SSSR count). The van der Waals surface area contributed by atoms with Gasteiger partial charge in [0.05, 0.1) is 11.6 Å². The molecule has 1 aromatic carbocycles. The maximum atomic E-state index is 11.4. The monoisotopic (exact) mass is 275 g/mol. The number of nitriles is 1. The van der Waals surface area contributed by atoms with E-state index in [2.05, 4.69) is 0 Å². The molecule has 0 spiro atoms. The summed E-state index contributed by atoms with van der Waals surface area (Å²) in [5.74, 6) is 0.510. The van der Waals surface area contributed by atoms with Crippen LogP contribution < -0.4 is 10.5 Å². The van der Waals surface area contributed by atoms with E-state index in [4.69, 9.17) is 15.7 Å². The van der Waals surface area contributed by atoms with Crippen LogP contribution in [0.25, 0.3) is 0 Å². The lowest BCUT2D eigenvalue weighted by Crippen LogP contribution is -2.59. The molecular weight excluding hydrogens is 258 g/mol. The molecule has 2 amide bonds. The van der Waals surface area contributed by atoms with Gasteiger partial charge in [-0.3, -0.25) is 0 Å². The number of rotatable bonds is 1. The number of amides is 2. The number of urea groups is 1. The smallest absolute Gasteiger partial charge is 0.315 e. The molecule has 0 bridgehead atoms. The molecule has 0 saturated carbocycles. The summed E-state index contributed by atoms with van der Waals surface area (Å²) >= 11 is 0. The lowest BCUT2D eigenvalue weighted by atomic mass is 9.85. The van der Waals surface area contributed by atoms with Gasteiger partial charge in [0.2, 0.25) is 0 Å². The Bertz CT molecular complexity index is 592. The van der Waals surface area contributed by atoms with Crippen LogP contribution in [0.5, 0.6) is 5.75 Å². The number of ether oxygens (including phenoxy) is 1. The van der Waals surface area contributed by atoms with Crippen molar-refractivity contribution < 1.29 is 14.6 Å². The number of aliphatic hydroxyl groups is 1. The zero-order valence-electron chi connectivity index (χ0n) is 11.6. The third-order valence-electron chi connectivity index (χ3n) is 3.61. The summed E-state index contributed by atoms with van der Waals surface area (Å²) in [6.45, 7) is 3.56. The minimum absolute atomic E-state index is 0.423. The second kappa shape index (κ2) is 4.69. The SMILES string of the molecule is CN(C(N)=O)C1C(O)c2cc(C#N)ccc2OC1(C)C. The number of carbonyl (C=O) groups is 1. The van der Waals surface area contributed by atoms with Gasteiger partial charge in [0.1, 0.15) is 23.5 Å². The molecule has 3 N–H and O–H groups in total. The van der Waals surface area contributed by atoms with Gasteiger partial charge in [-0.25, -0.2) is 4.79 Å². The third-order valence-corrected chi connectivity index (χ3v) is 3.61. The summed E-state index contributed by atoms with van der Waals surface area (Å²) in [6, 6.07) is 5.57. The van der Waals surface area contributed by atoms with Gasteiger partial charge in [-0.15, -0.1) is 0 Å². The number of nitrogens with zero attached hydrogens (tertiary/aromatic N) is 2. The Morgan fingerprint density at radius 1 is 1.55 bits per heavy atom. The predicted octanol–water partition coefficient (Wildman–Crippen LogP) is 1.14. The van der Waals surface area contributed by atoms with Crippen LogP contribution in [0.15, 0.2) is 18.2 Å². The summed E-state index contributed by atoms with van der Waals surface area (Å²) < 4.78 is 5.85. The van der Waals surface area contributed by atoms with Gasteiger partial charge in [0, 0.05) is 12.6 Å². The quantitative estimate of drug-likeness (QED) is 0.802. The Hall–Kier alpha value is -2.26. The maximum Gasteiger partial charge on any atom is 0.315 e. The number of benzene rings is 1. The molecule has 0 saturated heterocycles. The van der Waals surface area contributed by atoms with Crippen LogP contribution in [0, 0.1) is 11.3 Å². The van der Waals surface area contributed by atoms with Gasteiger partial charge < -0.3 is 20.5 Å². The molecule has 1 aliphatic rings. The Morgan fingerprint density at radius 3 is 2.75 bits per heavy atom. The fraction of sp³-hybridized carbons (Fsp3) is 0.429. The van der Waals surface area contributed by atoms with Crippen molar-refractivity contribution >= 4 is 6.03 Å². The molecule has 2 atom stereocenters. The van der Waals surface area contributed by atoms with Crippen molar-refractivity contribution in [3.05, 3.63) is 29.3 Å². The number of fused-ring (bicyclic) bond motifs is 1. The second-order valence-corrected chi connectivity index (χ2v) is 5.41. The van der Waals surface area contributed by atoms with E-state index in [0.717, 1.165) is 0 Å². The molecule has 106 valence electrons. The molecule has 2 unspecified atom stereocenters. The zero-order chi connectivity index (χ0) is 15.1. The highest BCUT2D eigenvalue weighted by Crippen LogP contribution is 2.42. The Labute approximate surface area is 117 Å². The standard InChI is InChI=1S/C14H17N3O3/c1-14(2)12(17(3)13(16)19)11(18)9-6-8(7-15)4-5-10(9)20-14/h4-6,11-12,18H,1-3H3,(H2,16,19). The van der Waals surface area contributed by atoms with E-state index in [0.29, 0.717) is 16.9 Å². The summed E-state index contributed by atoms with van der Waals surface area (Å²) in [5, 5.41) is 19.5. The minimum Gasteiger partial charge on any atom is -0.485 e. The first kappa shape index (κ1) is 14.2. The van der Waals surface area contributed by atoms with Crippen LogP contribution >= 0.6 is 0 Å². The Balaban J connectivity index is 2.52. The van der Waals surface area contributed by atoms with E-state index in [1.165, 1.54) is 11.9 Å². The summed E-state index contributed by atoms with van der Waals surface area (Å²) in [5.41, 5.74) is 5.40. The second-order valence-electron chi connectivity index (χ2n) is 5.41. The van der Waals surface area contributed by atoms with Gasteiger partial charge in [-0.1, -0.05) is 0 Å². The van der Waals surface area contributed by atoms with Gasteiger partial charge in [0.15, 0.2) is 0 Å². The average molecular weight is 275 g/mol. The van der Waals surface area contributed by atoms with E-state index in [9.17, 15) is 9.90 Å². The highest BCUT2D eigenvalue weighted by atomic mass is 16.5. The van der Waals surface area contributed by atoms with Crippen molar-refractivity contribution in [3.63, 3.8) is 0 Å². The number of primary amides is 1. The largest absolute Gasteiger partial charge is 0.485 e. The lowest BCUT2D eigenvalue weighted by Gasteiger charge is -2.46. The molecule has 0 fully saturated rings. The summed E-state index contributed by atoms with van der Waals surface area (Å²) in [7, 11) is 1.51. The van der Waals surface area contributed by atoms with Crippen molar-refractivity contribution in [2.45, 2.75) is 31.6 Å². The number of carbonyl (C=O) groups excluding carboxylic acids is 1. The van der Waals surface area contributed by atoms with Crippen molar-refractivity contribution in [2.75, 3.05) is 7.05 Å². The number of likely N-dealkylation sites (N-methyl/N-ethyl adjacent to an activating group) is 1. The van der Waals surface area contributed by atoms with Gasteiger partial charge in [-0.05, 0) is 32.0 Å². The number of aliphatic hydroxyl groups excluding tert-OH is 1. The fourth-order valence-corrected chi connectivity index (χ4v) is 2.65. The first-order valence-electron chi connectivity index (χ1n) is 6.21. The van der Waals surface area contributed by atoms with Gasteiger partial charge in [0.25, 0.3) is 0 Å². The molecule has 1 heterocycles. The van der Waals surface area contributed by atoms with Crippen LogP contribution in [-0.4, -0.2) is 34.7 Å². The first-order chi connectivity index (χ1) is 9.27. The molecule has 0 aromatic heterocycles. The van der Waals surface area contributed by atoms with E-state index >= 15 is 0 Å². The van der Waals surface area contributed by atoms with Gasteiger partial charge >= 0.3 is 6.03 Å². The molecule has 1 aromatic rings. The van der Waals surface area contributed by atoms with E-state index in [-0.39, 0.29) is 0 Å². The third kappa shape index (κ3) is 2.17. The summed E-state index contributed by atoms with van der Waals surface area (Å²) in [6.07, 6.45) is -0.973. The number of nitrogens with two attached hydrogens (primary N) is 1. The topological polar surface area (TPSA) is 99.6 Å². The molecule has 0 radical (unpaired) electrons. The summed E-state index contributed by atoms with van der Waals surface area (Å²) in [4.78, 5) is 12.7. The molecular formula is C14H17N3O3. The van der Waals surface area contributed by atoms with Crippen LogP contribution in [0.4, 0.5) is 4.79 Å². The number of hydrogen-bond donors (Lipinski definition) is 2. The van der Waals surface area contributed by atoms with Crippen molar-refractivity contribution in [2.24, 2.45) is 5.73 Å². The molecule has 1 aliphatic heterocycles. The normalized spacial score (nSPS) is 23.1. The van der Waals surface area contributed by atoms with E-state index < -0.39 is 23.8 Å². The van der Waals surface area contributed by atoms with Crippen LogP contribution in [0.2, 0.25) is 0 Å². The lowest BCUT2D eigenvalue weighted by molar-refractivity contribution is -0.0606. The highest BCUT2D eigenvalue weighted by molar-refractivity contribution is 5.72. The number of hydrogen-bond acceptors (Lipinski definition) is 4. The van der Waals surface area contributed by atoms with Crippen LogP contribution in [-0.2, 0) is 0 Å². The van der Waals surface area contributed by atoms with E-state index in [1.54, 1.807) is 32.0 Å². The van der Waals surface area contributed by atoms with E-state index in [1.807, 2.05) is 6.07 Å². The van der Waals surface area contributed by atoms with Crippen molar-refractivity contribution in [1.29, 1.82) is 5.26 Å². The Kier molecular flexibility index (Phi) is 3.32. The van der Waals surface area contributed by atoms with Crippen LogP contribution in [0.3, 0.4) is 0 Å². The highest BCUT2D eigenvalue weighted by Gasteiger charge is 2.46. The first-order valence-corrected chi connectivity index (χ1v) is 6.21. The molecule has 6 heteroatoms. The average Bonchev–Trinajstić information content (AvgIpc) is 2.37. The predicted molar refractivity (Wildman–Crippen MR) is 72.0 cm³/mol. The van der Waals surface area contributed by atoms with Crippen molar-refractivity contribution in [3.8, 4) is 11.8 Å². The Morgan fingerprint density at radius 2 is 2.20 bits per heavy atom. The molecule has 6 nitrogen and oxygen atoms in total. The molecule has 0 aliphatic carbocycles. The fourth-order valence-electron chi connectivity index (χ4n) is 2.65. The van der Waals surface area contributed by atoms with Crippen LogP contribution in [0.1, 0.15) is 31.1 Å². The molecule has 20 heavy (non-hydrogen) atoms. The zero-order valence-corrected chi connectivity index (χ0v) is 11.6. The van der Waals surface area contributed by atoms with Gasteiger partial charge in [-0.2, -0.15) is 5.26 Å². The maximum absolute atomic E-state index is 11.4.